The molecule has 0 aliphatic rings. The lowest BCUT2D eigenvalue weighted by molar-refractivity contribution is 0.445. The van der Waals surface area contributed by atoms with E-state index in [4.69, 9.17) is 4.42 Å². The second-order valence-electron chi connectivity index (χ2n) is 4.52. The highest BCUT2D eigenvalue weighted by atomic mass is 32.1. The first kappa shape index (κ1) is 12.4. The molecular formula is C15H16N2OS. The molecule has 0 fully saturated rings. The fraction of sp³-hybridized carbons (Fsp3) is 0.267. The predicted molar refractivity (Wildman–Crippen MR) is 79.4 cm³/mol. The van der Waals surface area contributed by atoms with E-state index in [-0.39, 0.29) is 6.04 Å². The fourth-order valence-corrected chi connectivity index (χ4v) is 2.87. The van der Waals surface area contributed by atoms with Crippen molar-refractivity contribution in [2.45, 2.75) is 19.9 Å². The molecule has 2 heterocycles. The molecule has 19 heavy (non-hydrogen) atoms. The van der Waals surface area contributed by atoms with Crippen molar-refractivity contribution in [3.05, 3.63) is 41.6 Å². The van der Waals surface area contributed by atoms with Crippen LogP contribution in [0.5, 0.6) is 0 Å². The molecule has 0 radical (unpaired) electrons. The van der Waals surface area contributed by atoms with Gasteiger partial charge in [-0.3, -0.25) is 0 Å². The number of nitrogens with one attached hydrogen (secondary N) is 1. The summed E-state index contributed by atoms with van der Waals surface area (Å²) >= 11 is 1.65. The Hall–Kier alpha value is -1.65. The van der Waals surface area contributed by atoms with Gasteiger partial charge in [0, 0.05) is 5.56 Å². The van der Waals surface area contributed by atoms with Crippen molar-refractivity contribution in [3.63, 3.8) is 0 Å². The Morgan fingerprint density at radius 3 is 3.05 bits per heavy atom. The highest BCUT2D eigenvalue weighted by Crippen LogP contribution is 2.29. The largest absolute Gasteiger partial charge is 0.459 e. The van der Waals surface area contributed by atoms with E-state index in [0.29, 0.717) is 0 Å². The van der Waals surface area contributed by atoms with E-state index < -0.39 is 0 Å². The summed E-state index contributed by atoms with van der Waals surface area (Å²) in [7, 11) is 0. The monoisotopic (exact) mass is 272 g/mol. The quantitative estimate of drug-likeness (QED) is 0.772. The summed E-state index contributed by atoms with van der Waals surface area (Å²) in [6.45, 7) is 5.14. The summed E-state index contributed by atoms with van der Waals surface area (Å²) < 4.78 is 7.12. The Morgan fingerprint density at radius 2 is 2.21 bits per heavy atom. The first-order chi connectivity index (χ1) is 9.28. The SMILES string of the molecule is CCNC(C)c1ccc(-c2ccc3ncsc3c2)o1. The lowest BCUT2D eigenvalue weighted by atomic mass is 10.1. The van der Waals surface area contributed by atoms with Crippen molar-refractivity contribution in [2.24, 2.45) is 0 Å². The topological polar surface area (TPSA) is 38.1 Å². The van der Waals surface area contributed by atoms with Gasteiger partial charge in [-0.25, -0.2) is 4.98 Å². The van der Waals surface area contributed by atoms with Crippen molar-refractivity contribution >= 4 is 21.6 Å². The lowest BCUT2D eigenvalue weighted by Crippen LogP contribution is -2.16. The zero-order chi connectivity index (χ0) is 13.2. The van der Waals surface area contributed by atoms with Crippen LogP contribution in [0.4, 0.5) is 0 Å². The van der Waals surface area contributed by atoms with Gasteiger partial charge in [-0.2, -0.15) is 0 Å². The average molecular weight is 272 g/mol. The number of fused-ring (bicyclic) bond motifs is 1. The smallest absolute Gasteiger partial charge is 0.134 e. The van der Waals surface area contributed by atoms with E-state index >= 15 is 0 Å². The molecule has 4 heteroatoms. The zero-order valence-corrected chi connectivity index (χ0v) is 11.8. The predicted octanol–water partition coefficient (Wildman–Crippen LogP) is 4.23. The Morgan fingerprint density at radius 1 is 1.32 bits per heavy atom. The Kier molecular flexibility index (Phi) is 3.36. The van der Waals surface area contributed by atoms with Gasteiger partial charge in [0.2, 0.25) is 0 Å². The summed E-state index contributed by atoms with van der Waals surface area (Å²) in [5.41, 5.74) is 4.02. The average Bonchev–Trinajstić information content (AvgIpc) is 3.07. The van der Waals surface area contributed by atoms with Crippen LogP contribution in [-0.2, 0) is 0 Å². The van der Waals surface area contributed by atoms with Crippen molar-refractivity contribution < 1.29 is 4.42 Å². The molecule has 3 aromatic rings. The van der Waals surface area contributed by atoms with Crippen LogP contribution < -0.4 is 5.32 Å². The van der Waals surface area contributed by atoms with Crippen LogP contribution >= 0.6 is 11.3 Å². The molecule has 2 aromatic heterocycles. The van der Waals surface area contributed by atoms with E-state index in [9.17, 15) is 0 Å². The Bertz CT molecular complexity index is 686. The third-order valence-electron chi connectivity index (χ3n) is 3.18. The maximum atomic E-state index is 5.93. The molecule has 0 amide bonds. The maximum absolute atomic E-state index is 5.93. The van der Waals surface area contributed by atoms with Gasteiger partial charge in [0.05, 0.1) is 21.8 Å². The number of hydrogen-bond donors (Lipinski definition) is 1. The second kappa shape index (κ2) is 5.15. The van der Waals surface area contributed by atoms with Gasteiger partial charge in [0.1, 0.15) is 11.5 Å². The summed E-state index contributed by atoms with van der Waals surface area (Å²) in [6, 6.07) is 10.5. The molecule has 3 nitrogen and oxygen atoms in total. The number of nitrogens with zero attached hydrogens (tertiary/aromatic N) is 1. The molecule has 0 saturated carbocycles. The molecule has 0 aliphatic heterocycles. The molecule has 0 saturated heterocycles. The highest BCUT2D eigenvalue weighted by molar-refractivity contribution is 7.16. The number of aromatic nitrogens is 1. The highest BCUT2D eigenvalue weighted by Gasteiger charge is 2.11. The van der Waals surface area contributed by atoms with Crippen LogP contribution in [0.1, 0.15) is 25.6 Å². The third-order valence-corrected chi connectivity index (χ3v) is 3.97. The number of rotatable bonds is 4. The van der Waals surface area contributed by atoms with E-state index in [2.05, 4.69) is 36.3 Å². The van der Waals surface area contributed by atoms with E-state index in [1.165, 1.54) is 4.70 Å². The van der Waals surface area contributed by atoms with Crippen molar-refractivity contribution in [1.29, 1.82) is 0 Å². The minimum atomic E-state index is 0.242. The van der Waals surface area contributed by atoms with Gasteiger partial charge >= 0.3 is 0 Å². The van der Waals surface area contributed by atoms with Crippen molar-refractivity contribution in [2.75, 3.05) is 6.54 Å². The van der Waals surface area contributed by atoms with Gasteiger partial charge in [-0.05, 0) is 43.8 Å². The minimum absolute atomic E-state index is 0.242. The molecule has 0 aliphatic carbocycles. The number of thiazole rings is 1. The molecular weight excluding hydrogens is 256 g/mol. The van der Waals surface area contributed by atoms with Crippen LogP contribution in [0, 0.1) is 0 Å². The lowest BCUT2D eigenvalue weighted by Gasteiger charge is -2.08. The van der Waals surface area contributed by atoms with Gasteiger partial charge in [-0.1, -0.05) is 6.92 Å². The van der Waals surface area contributed by atoms with Crippen LogP contribution in [0.3, 0.4) is 0 Å². The van der Waals surface area contributed by atoms with Gasteiger partial charge in [0.25, 0.3) is 0 Å². The van der Waals surface area contributed by atoms with E-state index in [0.717, 1.165) is 29.1 Å². The van der Waals surface area contributed by atoms with Crippen LogP contribution in [0.25, 0.3) is 21.5 Å². The second-order valence-corrected chi connectivity index (χ2v) is 5.40. The summed E-state index contributed by atoms with van der Waals surface area (Å²) in [4.78, 5) is 4.29. The summed E-state index contributed by atoms with van der Waals surface area (Å²) in [6.07, 6.45) is 0. The molecule has 1 atom stereocenters. The van der Waals surface area contributed by atoms with Crippen molar-refractivity contribution in [1.82, 2.24) is 10.3 Å². The molecule has 1 N–H and O–H groups in total. The standard InChI is InChI=1S/C15H16N2OS/c1-3-16-10(2)13-6-7-14(18-13)11-4-5-12-15(8-11)19-9-17-12/h4-10,16H,3H2,1-2H3. The van der Waals surface area contributed by atoms with Gasteiger partial charge in [-0.15, -0.1) is 11.3 Å². The van der Waals surface area contributed by atoms with Crippen LogP contribution in [0.15, 0.2) is 40.3 Å². The van der Waals surface area contributed by atoms with Crippen molar-refractivity contribution in [3.8, 4) is 11.3 Å². The van der Waals surface area contributed by atoms with Gasteiger partial charge in [0.15, 0.2) is 0 Å². The maximum Gasteiger partial charge on any atom is 0.134 e. The number of furan rings is 1. The van der Waals surface area contributed by atoms with Crippen LogP contribution in [-0.4, -0.2) is 11.5 Å². The van der Waals surface area contributed by atoms with Gasteiger partial charge < -0.3 is 9.73 Å². The first-order valence-corrected chi connectivity index (χ1v) is 7.32. The van der Waals surface area contributed by atoms with E-state index in [1.807, 2.05) is 23.7 Å². The normalized spacial score (nSPS) is 12.9. The minimum Gasteiger partial charge on any atom is -0.459 e. The third kappa shape index (κ3) is 2.41. The summed E-state index contributed by atoms with van der Waals surface area (Å²) in [5, 5.41) is 3.35. The first-order valence-electron chi connectivity index (χ1n) is 6.44. The van der Waals surface area contributed by atoms with Crippen LogP contribution in [0.2, 0.25) is 0 Å². The molecule has 3 rings (SSSR count). The molecule has 1 aromatic carbocycles. The Balaban J connectivity index is 1.93. The van der Waals surface area contributed by atoms with E-state index in [1.54, 1.807) is 11.3 Å². The molecule has 0 bridgehead atoms. The number of hydrogen-bond acceptors (Lipinski definition) is 4. The summed E-state index contributed by atoms with van der Waals surface area (Å²) in [5.74, 6) is 1.89. The molecule has 0 spiro atoms. The Labute approximate surface area is 116 Å². The molecule has 98 valence electrons. The number of benzene rings is 1. The zero-order valence-electron chi connectivity index (χ0n) is 11.0. The molecule has 1 unspecified atom stereocenters. The fourth-order valence-electron chi connectivity index (χ4n) is 2.16.